The van der Waals surface area contributed by atoms with Crippen LogP contribution >= 0.6 is 22.6 Å². The monoisotopic (exact) mass is 426 g/mol. The molecule has 0 spiro atoms. The molecule has 23 heavy (non-hydrogen) atoms. The summed E-state index contributed by atoms with van der Waals surface area (Å²) >= 11 is 2.13. The maximum absolute atomic E-state index is 12.5. The van der Waals surface area contributed by atoms with E-state index in [1.54, 1.807) is 44.8 Å². The lowest BCUT2D eigenvalue weighted by Gasteiger charge is -2.17. The summed E-state index contributed by atoms with van der Waals surface area (Å²) in [4.78, 5) is 16.5. The molecule has 1 N–H and O–H groups in total. The van der Waals surface area contributed by atoms with Crippen molar-refractivity contribution in [2.45, 2.75) is 19.8 Å². The van der Waals surface area contributed by atoms with E-state index in [1.165, 1.54) is 0 Å². The van der Waals surface area contributed by atoms with Crippen molar-refractivity contribution in [1.29, 1.82) is 0 Å². The van der Waals surface area contributed by atoms with Crippen LogP contribution in [0.5, 0.6) is 11.5 Å². The number of anilines is 1. The molecule has 6 heteroatoms. The molecule has 1 aromatic carbocycles. The van der Waals surface area contributed by atoms with Gasteiger partial charge in [-0.2, -0.15) is 0 Å². The Labute approximate surface area is 149 Å². The van der Waals surface area contributed by atoms with Crippen LogP contribution in [-0.4, -0.2) is 25.1 Å². The van der Waals surface area contributed by atoms with E-state index in [2.05, 4.69) is 46.7 Å². The van der Waals surface area contributed by atoms with Gasteiger partial charge < -0.3 is 14.8 Å². The van der Waals surface area contributed by atoms with Crippen molar-refractivity contribution in [2.24, 2.45) is 0 Å². The number of nitrogens with one attached hydrogen (secondary N) is 1. The van der Waals surface area contributed by atoms with Gasteiger partial charge in [-0.05, 0) is 46.7 Å². The first-order chi connectivity index (χ1) is 11.0. The van der Waals surface area contributed by atoms with Crippen molar-refractivity contribution in [3.63, 3.8) is 0 Å². The summed E-state index contributed by atoms with van der Waals surface area (Å²) in [6, 6.07) is 5.24. The van der Waals surface area contributed by atoms with Crippen LogP contribution in [0.25, 0.3) is 0 Å². The fraction of sp³-hybridized carbons (Fsp3) is 0.294. The summed E-state index contributed by atoms with van der Waals surface area (Å²) in [7, 11) is 3.18. The maximum atomic E-state index is 12.5. The van der Waals surface area contributed by atoms with Gasteiger partial charge in [-0.1, -0.05) is 13.8 Å². The number of methoxy groups -OCH3 is 2. The lowest BCUT2D eigenvalue weighted by Crippen LogP contribution is -2.14. The zero-order valence-electron chi connectivity index (χ0n) is 13.5. The van der Waals surface area contributed by atoms with Gasteiger partial charge >= 0.3 is 0 Å². The van der Waals surface area contributed by atoms with E-state index in [4.69, 9.17) is 9.47 Å². The van der Waals surface area contributed by atoms with Crippen LogP contribution < -0.4 is 14.8 Å². The summed E-state index contributed by atoms with van der Waals surface area (Å²) in [5.74, 6) is 1.29. The third-order valence-electron chi connectivity index (χ3n) is 3.40. The van der Waals surface area contributed by atoms with Crippen molar-refractivity contribution in [3.8, 4) is 11.5 Å². The molecular weight excluding hydrogens is 407 g/mol. The smallest absolute Gasteiger partial charge is 0.255 e. The van der Waals surface area contributed by atoms with Gasteiger partial charge in [0.15, 0.2) is 0 Å². The number of hydrogen-bond donors (Lipinski definition) is 1. The van der Waals surface area contributed by atoms with Gasteiger partial charge in [0.25, 0.3) is 5.91 Å². The molecule has 122 valence electrons. The van der Waals surface area contributed by atoms with Crippen molar-refractivity contribution in [1.82, 2.24) is 4.98 Å². The second-order valence-corrected chi connectivity index (χ2v) is 6.42. The Morgan fingerprint density at radius 3 is 2.30 bits per heavy atom. The van der Waals surface area contributed by atoms with Gasteiger partial charge in [-0.15, -0.1) is 0 Å². The number of ether oxygens (including phenoxy) is 2. The summed E-state index contributed by atoms with van der Waals surface area (Å²) < 4.78 is 11.8. The maximum Gasteiger partial charge on any atom is 0.255 e. The van der Waals surface area contributed by atoms with Gasteiger partial charge in [0.2, 0.25) is 0 Å². The molecule has 0 aliphatic rings. The molecule has 1 aromatic heterocycles. The SMILES string of the molecule is COc1cc(C(=O)Nc2ccncc2I)cc(OC)c1C(C)C. The molecule has 5 nitrogen and oxygen atoms in total. The zero-order valence-corrected chi connectivity index (χ0v) is 15.7. The van der Waals surface area contributed by atoms with Crippen LogP contribution in [0.3, 0.4) is 0 Å². The second-order valence-electron chi connectivity index (χ2n) is 5.26. The van der Waals surface area contributed by atoms with Gasteiger partial charge in [-0.25, -0.2) is 0 Å². The molecule has 0 radical (unpaired) electrons. The molecular formula is C17H19IN2O3. The molecule has 0 saturated carbocycles. The number of halogens is 1. The Bertz CT molecular complexity index is 692. The number of aromatic nitrogens is 1. The molecule has 2 rings (SSSR count). The average Bonchev–Trinajstić information content (AvgIpc) is 2.55. The second kappa shape index (κ2) is 7.63. The molecule has 1 amide bonds. The van der Waals surface area contributed by atoms with E-state index in [-0.39, 0.29) is 11.8 Å². The van der Waals surface area contributed by atoms with E-state index in [0.29, 0.717) is 17.1 Å². The predicted octanol–water partition coefficient (Wildman–Crippen LogP) is 4.08. The highest BCUT2D eigenvalue weighted by Crippen LogP contribution is 2.36. The van der Waals surface area contributed by atoms with Gasteiger partial charge in [0.1, 0.15) is 11.5 Å². The highest BCUT2D eigenvalue weighted by atomic mass is 127. The van der Waals surface area contributed by atoms with Gasteiger partial charge in [-0.3, -0.25) is 9.78 Å². The molecule has 0 unspecified atom stereocenters. The number of amides is 1. The molecule has 0 bridgehead atoms. The Balaban J connectivity index is 2.39. The first-order valence-corrected chi connectivity index (χ1v) is 8.22. The van der Waals surface area contributed by atoms with E-state index in [0.717, 1.165) is 14.8 Å². The highest BCUT2D eigenvalue weighted by molar-refractivity contribution is 14.1. The topological polar surface area (TPSA) is 60.5 Å². The summed E-state index contributed by atoms with van der Waals surface area (Å²) in [6.45, 7) is 4.11. The van der Waals surface area contributed by atoms with Gasteiger partial charge in [0, 0.05) is 23.5 Å². The number of carbonyl (C=O) groups excluding carboxylic acids is 1. The predicted molar refractivity (Wildman–Crippen MR) is 98.5 cm³/mol. The number of benzene rings is 1. The lowest BCUT2D eigenvalue weighted by atomic mass is 9.98. The quantitative estimate of drug-likeness (QED) is 0.733. The van der Waals surface area contributed by atoms with Crippen LogP contribution in [0.4, 0.5) is 5.69 Å². The molecule has 0 atom stereocenters. The molecule has 0 aliphatic carbocycles. The number of hydrogen-bond acceptors (Lipinski definition) is 4. The third kappa shape index (κ3) is 3.93. The molecule has 0 fully saturated rings. The number of rotatable bonds is 5. The molecule has 0 saturated heterocycles. The zero-order chi connectivity index (χ0) is 17.0. The standard InChI is InChI=1S/C17H19IN2O3/c1-10(2)16-14(22-3)7-11(8-15(16)23-4)17(21)20-13-5-6-19-9-12(13)18/h5-10H,1-4H3,(H,19,20,21). The normalized spacial score (nSPS) is 10.5. The first-order valence-electron chi connectivity index (χ1n) is 7.14. The van der Waals surface area contributed by atoms with E-state index in [9.17, 15) is 4.79 Å². The number of pyridine rings is 1. The Morgan fingerprint density at radius 2 is 1.83 bits per heavy atom. The van der Waals surface area contributed by atoms with Crippen LogP contribution in [0, 0.1) is 3.57 Å². The largest absolute Gasteiger partial charge is 0.496 e. The Kier molecular flexibility index (Phi) is 5.81. The Morgan fingerprint density at radius 1 is 1.22 bits per heavy atom. The fourth-order valence-electron chi connectivity index (χ4n) is 2.31. The van der Waals surface area contributed by atoms with Crippen molar-refractivity contribution < 1.29 is 14.3 Å². The summed E-state index contributed by atoms with van der Waals surface area (Å²) in [5.41, 5.74) is 2.15. The molecule has 0 aliphatic heterocycles. The number of carbonyl (C=O) groups is 1. The highest BCUT2D eigenvalue weighted by Gasteiger charge is 2.19. The van der Waals surface area contributed by atoms with Crippen molar-refractivity contribution in [3.05, 3.63) is 45.3 Å². The van der Waals surface area contributed by atoms with Crippen molar-refractivity contribution in [2.75, 3.05) is 19.5 Å². The third-order valence-corrected chi connectivity index (χ3v) is 4.26. The minimum absolute atomic E-state index is 0.221. The first kappa shape index (κ1) is 17.5. The van der Waals surface area contributed by atoms with Crippen LogP contribution in [0.1, 0.15) is 35.7 Å². The minimum atomic E-state index is -0.221. The summed E-state index contributed by atoms with van der Waals surface area (Å²) in [6.07, 6.45) is 3.33. The van der Waals surface area contributed by atoms with Crippen molar-refractivity contribution >= 4 is 34.2 Å². The minimum Gasteiger partial charge on any atom is -0.496 e. The summed E-state index contributed by atoms with van der Waals surface area (Å²) in [5, 5.41) is 2.88. The molecule has 2 aromatic rings. The van der Waals surface area contributed by atoms with E-state index < -0.39 is 0 Å². The number of nitrogens with zero attached hydrogens (tertiary/aromatic N) is 1. The lowest BCUT2D eigenvalue weighted by molar-refractivity contribution is 0.102. The Hall–Kier alpha value is -1.83. The van der Waals surface area contributed by atoms with Crippen LogP contribution in [0.2, 0.25) is 0 Å². The van der Waals surface area contributed by atoms with E-state index >= 15 is 0 Å². The van der Waals surface area contributed by atoms with Crippen LogP contribution in [0.15, 0.2) is 30.6 Å². The average molecular weight is 426 g/mol. The van der Waals surface area contributed by atoms with Gasteiger partial charge in [0.05, 0.1) is 23.5 Å². The van der Waals surface area contributed by atoms with E-state index in [1.807, 2.05) is 0 Å². The molecule has 1 heterocycles. The fourth-order valence-corrected chi connectivity index (χ4v) is 2.79. The van der Waals surface area contributed by atoms with Crippen LogP contribution in [-0.2, 0) is 0 Å².